The number of aryl methyl sites for hydroxylation is 1. The van der Waals surface area contributed by atoms with Gasteiger partial charge in [-0.05, 0) is 37.1 Å². The predicted octanol–water partition coefficient (Wildman–Crippen LogP) is 4.03. The fourth-order valence-corrected chi connectivity index (χ4v) is 3.64. The van der Waals surface area contributed by atoms with Gasteiger partial charge in [-0.2, -0.15) is 0 Å². The molecule has 1 aliphatic rings. The van der Waals surface area contributed by atoms with Crippen LogP contribution in [-0.4, -0.2) is 33.9 Å². The largest absolute Gasteiger partial charge is 0.339 e. The van der Waals surface area contributed by atoms with Crippen molar-refractivity contribution >= 4 is 17.2 Å². The van der Waals surface area contributed by atoms with E-state index in [0.29, 0.717) is 0 Å². The summed E-state index contributed by atoms with van der Waals surface area (Å²) in [6.45, 7) is 3.79. The van der Waals surface area contributed by atoms with E-state index in [-0.39, 0.29) is 5.91 Å². The smallest absolute Gasteiger partial charge is 0.253 e. The molecule has 0 radical (unpaired) electrons. The van der Waals surface area contributed by atoms with Crippen molar-refractivity contribution in [2.45, 2.75) is 13.3 Å². The van der Waals surface area contributed by atoms with E-state index in [2.05, 4.69) is 11.9 Å². The second-order valence-electron chi connectivity index (χ2n) is 5.96. The lowest BCUT2D eigenvalue weighted by Gasteiger charge is -2.30. The third-order valence-electron chi connectivity index (χ3n) is 4.32. The van der Waals surface area contributed by atoms with Crippen LogP contribution >= 0.6 is 11.3 Å². The third kappa shape index (κ3) is 2.71. The standard InChI is InChI=1S/C19H17N3OS/c1-13-6-7-20-11-16(13)18-21-17(12-24-18)14-4-2-5-15(10-14)19(23)22-8-3-9-22/h2,4-7,10-12H,3,8-9H2,1H3. The number of nitrogens with zero attached hydrogens (tertiary/aromatic N) is 3. The summed E-state index contributed by atoms with van der Waals surface area (Å²) in [5.74, 6) is 0.113. The molecule has 5 heteroatoms. The number of hydrogen-bond acceptors (Lipinski definition) is 4. The number of carbonyl (C=O) groups is 1. The number of amides is 1. The lowest BCUT2D eigenvalue weighted by molar-refractivity contribution is 0.0652. The summed E-state index contributed by atoms with van der Waals surface area (Å²) < 4.78 is 0. The molecule has 2 aromatic heterocycles. The monoisotopic (exact) mass is 335 g/mol. The van der Waals surface area contributed by atoms with Gasteiger partial charge in [-0.25, -0.2) is 4.98 Å². The molecular weight excluding hydrogens is 318 g/mol. The highest BCUT2D eigenvalue weighted by Gasteiger charge is 2.21. The van der Waals surface area contributed by atoms with Crippen LogP contribution in [0.4, 0.5) is 0 Å². The molecule has 4 rings (SSSR count). The Morgan fingerprint density at radius 2 is 2.12 bits per heavy atom. The molecule has 1 aromatic carbocycles. The van der Waals surface area contributed by atoms with Gasteiger partial charge in [-0.15, -0.1) is 11.3 Å². The maximum atomic E-state index is 12.4. The highest BCUT2D eigenvalue weighted by Crippen LogP contribution is 2.30. The van der Waals surface area contributed by atoms with Gasteiger partial charge >= 0.3 is 0 Å². The molecule has 120 valence electrons. The summed E-state index contributed by atoms with van der Waals surface area (Å²) in [7, 11) is 0. The highest BCUT2D eigenvalue weighted by molar-refractivity contribution is 7.13. The summed E-state index contributed by atoms with van der Waals surface area (Å²) in [5.41, 5.74) is 4.83. The summed E-state index contributed by atoms with van der Waals surface area (Å²) >= 11 is 1.60. The molecule has 3 heterocycles. The van der Waals surface area contributed by atoms with E-state index >= 15 is 0 Å². The van der Waals surface area contributed by atoms with Gasteiger partial charge in [-0.3, -0.25) is 9.78 Å². The summed E-state index contributed by atoms with van der Waals surface area (Å²) in [6.07, 6.45) is 4.74. The van der Waals surface area contributed by atoms with Gasteiger partial charge in [0, 0.05) is 47.6 Å². The number of benzene rings is 1. The zero-order valence-corrected chi connectivity index (χ0v) is 14.2. The molecule has 0 unspecified atom stereocenters. The lowest BCUT2D eigenvalue weighted by atomic mass is 10.1. The number of thiazole rings is 1. The average Bonchev–Trinajstić information content (AvgIpc) is 3.03. The van der Waals surface area contributed by atoms with Crippen LogP contribution < -0.4 is 0 Å². The van der Waals surface area contributed by atoms with E-state index < -0.39 is 0 Å². The van der Waals surface area contributed by atoms with E-state index in [1.54, 1.807) is 17.5 Å². The molecule has 0 aliphatic carbocycles. The number of pyridine rings is 1. The molecule has 0 atom stereocenters. The van der Waals surface area contributed by atoms with Gasteiger partial charge in [0.25, 0.3) is 5.91 Å². The normalized spacial score (nSPS) is 13.6. The van der Waals surface area contributed by atoms with E-state index in [4.69, 9.17) is 4.98 Å². The number of aromatic nitrogens is 2. The van der Waals surface area contributed by atoms with Gasteiger partial charge in [0.2, 0.25) is 0 Å². The van der Waals surface area contributed by atoms with Crippen molar-refractivity contribution in [1.82, 2.24) is 14.9 Å². The average molecular weight is 335 g/mol. The molecule has 1 fully saturated rings. The number of rotatable bonds is 3. The topological polar surface area (TPSA) is 46.1 Å². The Morgan fingerprint density at radius 3 is 2.88 bits per heavy atom. The van der Waals surface area contributed by atoms with E-state index in [1.165, 1.54) is 0 Å². The zero-order chi connectivity index (χ0) is 16.5. The maximum absolute atomic E-state index is 12.4. The highest BCUT2D eigenvalue weighted by atomic mass is 32.1. The first-order valence-corrected chi connectivity index (χ1v) is 8.86. The minimum Gasteiger partial charge on any atom is -0.339 e. The minimum absolute atomic E-state index is 0.113. The van der Waals surface area contributed by atoms with Gasteiger partial charge < -0.3 is 4.90 Å². The van der Waals surface area contributed by atoms with Crippen molar-refractivity contribution in [2.75, 3.05) is 13.1 Å². The molecule has 1 aliphatic heterocycles. The van der Waals surface area contributed by atoms with Crippen molar-refractivity contribution < 1.29 is 4.79 Å². The molecule has 1 amide bonds. The van der Waals surface area contributed by atoms with Crippen LogP contribution in [0.25, 0.3) is 21.8 Å². The Labute approximate surface area is 144 Å². The Kier molecular flexibility index (Phi) is 3.86. The Bertz CT molecular complexity index is 899. The quantitative estimate of drug-likeness (QED) is 0.726. The van der Waals surface area contributed by atoms with Crippen LogP contribution in [0.2, 0.25) is 0 Å². The maximum Gasteiger partial charge on any atom is 0.253 e. The summed E-state index contributed by atoms with van der Waals surface area (Å²) in [5, 5.41) is 2.99. The molecule has 4 nitrogen and oxygen atoms in total. The fraction of sp³-hybridized carbons (Fsp3) is 0.211. The number of hydrogen-bond donors (Lipinski definition) is 0. The second-order valence-corrected chi connectivity index (χ2v) is 6.81. The first kappa shape index (κ1) is 15.0. The summed E-state index contributed by atoms with van der Waals surface area (Å²) in [4.78, 5) is 23.2. The molecular formula is C19H17N3OS. The van der Waals surface area contributed by atoms with Crippen LogP contribution in [0.1, 0.15) is 22.3 Å². The van der Waals surface area contributed by atoms with E-state index in [1.807, 2.05) is 46.8 Å². The van der Waals surface area contributed by atoms with Crippen LogP contribution in [-0.2, 0) is 0 Å². The van der Waals surface area contributed by atoms with Gasteiger partial charge in [0.05, 0.1) is 5.69 Å². The third-order valence-corrected chi connectivity index (χ3v) is 5.20. The minimum atomic E-state index is 0.113. The number of carbonyl (C=O) groups excluding carboxylic acids is 1. The molecule has 0 spiro atoms. The predicted molar refractivity (Wildman–Crippen MR) is 96.0 cm³/mol. The van der Waals surface area contributed by atoms with E-state index in [0.717, 1.165) is 52.5 Å². The van der Waals surface area contributed by atoms with Crippen LogP contribution in [0.3, 0.4) is 0 Å². The first-order chi connectivity index (χ1) is 11.7. The van der Waals surface area contributed by atoms with Crippen molar-refractivity contribution in [2.24, 2.45) is 0 Å². The van der Waals surface area contributed by atoms with Gasteiger partial charge in [-0.1, -0.05) is 12.1 Å². The molecule has 1 saturated heterocycles. The van der Waals surface area contributed by atoms with Gasteiger partial charge in [0.15, 0.2) is 0 Å². The van der Waals surface area contributed by atoms with E-state index in [9.17, 15) is 4.79 Å². The fourth-order valence-electron chi connectivity index (χ4n) is 2.73. The zero-order valence-electron chi connectivity index (χ0n) is 13.4. The Hall–Kier alpha value is -2.53. The van der Waals surface area contributed by atoms with Crippen LogP contribution in [0.5, 0.6) is 0 Å². The molecule has 0 bridgehead atoms. The molecule has 0 saturated carbocycles. The van der Waals surface area contributed by atoms with Crippen LogP contribution in [0, 0.1) is 6.92 Å². The molecule has 3 aromatic rings. The van der Waals surface area contributed by atoms with Crippen LogP contribution in [0.15, 0.2) is 48.1 Å². The Morgan fingerprint density at radius 1 is 1.25 bits per heavy atom. The Balaban J connectivity index is 1.65. The number of likely N-dealkylation sites (tertiary alicyclic amines) is 1. The first-order valence-electron chi connectivity index (χ1n) is 7.98. The van der Waals surface area contributed by atoms with Gasteiger partial charge in [0.1, 0.15) is 5.01 Å². The summed E-state index contributed by atoms with van der Waals surface area (Å²) in [6, 6.07) is 9.74. The van der Waals surface area contributed by atoms with Crippen molar-refractivity contribution in [3.63, 3.8) is 0 Å². The van der Waals surface area contributed by atoms with Crippen molar-refractivity contribution in [3.05, 3.63) is 59.2 Å². The second kappa shape index (κ2) is 6.17. The molecule has 24 heavy (non-hydrogen) atoms. The van der Waals surface area contributed by atoms with Crippen molar-refractivity contribution in [1.29, 1.82) is 0 Å². The SMILES string of the molecule is Cc1ccncc1-c1nc(-c2cccc(C(=O)N3CCC3)c2)cs1. The van der Waals surface area contributed by atoms with Crippen molar-refractivity contribution in [3.8, 4) is 21.8 Å². The lowest BCUT2D eigenvalue weighted by Crippen LogP contribution is -2.41. The molecule has 0 N–H and O–H groups in total.